The summed E-state index contributed by atoms with van der Waals surface area (Å²) in [5.41, 5.74) is 6.27. The molecule has 5 heteroatoms. The molecule has 0 bridgehead atoms. The third kappa shape index (κ3) is 4.08. The summed E-state index contributed by atoms with van der Waals surface area (Å²) in [7, 11) is 0. The van der Waals surface area contributed by atoms with Gasteiger partial charge in [-0.3, -0.25) is 0 Å². The summed E-state index contributed by atoms with van der Waals surface area (Å²) < 4.78 is 11.7. The van der Waals surface area contributed by atoms with Crippen LogP contribution in [-0.2, 0) is 9.47 Å². The highest BCUT2D eigenvalue weighted by atomic mass is 32.2. The summed E-state index contributed by atoms with van der Waals surface area (Å²) >= 11 is 2.00. The van der Waals surface area contributed by atoms with Crippen LogP contribution in [0, 0.1) is 0 Å². The first-order valence-electron chi connectivity index (χ1n) is 7.56. The molecule has 4 nitrogen and oxygen atoms in total. The van der Waals surface area contributed by atoms with Crippen molar-refractivity contribution in [1.29, 1.82) is 0 Å². The number of thioether (sulfide) groups is 1. The maximum Gasteiger partial charge on any atom is 0.169 e. The van der Waals surface area contributed by atoms with Crippen LogP contribution in [-0.4, -0.2) is 60.6 Å². The SMILES string of the molecule is CCN(CC)CCSC1CC2(CCC1N)OCCO2. The first-order chi connectivity index (χ1) is 9.19. The molecule has 112 valence electrons. The molecule has 2 aliphatic rings. The molecule has 2 rings (SSSR count). The summed E-state index contributed by atoms with van der Waals surface area (Å²) in [5.74, 6) is 0.846. The van der Waals surface area contributed by atoms with Crippen molar-refractivity contribution < 1.29 is 9.47 Å². The Morgan fingerprint density at radius 1 is 1.26 bits per heavy atom. The Morgan fingerprint density at radius 2 is 1.95 bits per heavy atom. The van der Waals surface area contributed by atoms with Gasteiger partial charge >= 0.3 is 0 Å². The quantitative estimate of drug-likeness (QED) is 0.806. The van der Waals surface area contributed by atoms with Crippen molar-refractivity contribution in [3.63, 3.8) is 0 Å². The normalized spacial score (nSPS) is 30.3. The molecule has 2 atom stereocenters. The molecule has 1 aliphatic heterocycles. The van der Waals surface area contributed by atoms with Crippen LogP contribution in [0.3, 0.4) is 0 Å². The van der Waals surface area contributed by atoms with E-state index in [9.17, 15) is 0 Å². The van der Waals surface area contributed by atoms with E-state index in [1.165, 1.54) is 0 Å². The van der Waals surface area contributed by atoms with Crippen LogP contribution < -0.4 is 5.73 Å². The van der Waals surface area contributed by atoms with Crippen LogP contribution in [0.2, 0.25) is 0 Å². The van der Waals surface area contributed by atoms with Crippen molar-refractivity contribution in [2.45, 2.75) is 50.2 Å². The molecule has 19 heavy (non-hydrogen) atoms. The standard InChI is InChI=1S/C14H28N2O2S/c1-3-16(4-2)7-10-19-13-11-14(6-5-12(13)15)17-8-9-18-14/h12-13H,3-11,15H2,1-2H3. The van der Waals surface area contributed by atoms with Crippen molar-refractivity contribution in [2.24, 2.45) is 5.73 Å². The molecule has 2 fully saturated rings. The molecule has 0 amide bonds. The van der Waals surface area contributed by atoms with Gasteiger partial charge in [-0.15, -0.1) is 0 Å². The third-order valence-corrected chi connectivity index (χ3v) is 5.66. The highest BCUT2D eigenvalue weighted by Gasteiger charge is 2.44. The summed E-state index contributed by atoms with van der Waals surface area (Å²) in [5, 5.41) is 0.474. The molecule has 1 saturated heterocycles. The number of rotatable bonds is 6. The fourth-order valence-corrected chi connectivity index (χ4v) is 4.37. The zero-order valence-electron chi connectivity index (χ0n) is 12.3. The summed E-state index contributed by atoms with van der Waals surface area (Å²) in [6, 6.07) is 0.292. The van der Waals surface area contributed by atoms with E-state index in [0.29, 0.717) is 11.3 Å². The fourth-order valence-electron chi connectivity index (χ4n) is 2.95. The van der Waals surface area contributed by atoms with Gasteiger partial charge in [-0.25, -0.2) is 0 Å². The minimum absolute atomic E-state index is 0.292. The van der Waals surface area contributed by atoms with Crippen LogP contribution in [0.5, 0.6) is 0 Å². The van der Waals surface area contributed by atoms with Crippen LogP contribution in [0.15, 0.2) is 0 Å². The number of nitrogens with zero attached hydrogens (tertiary/aromatic N) is 1. The average Bonchev–Trinajstić information content (AvgIpc) is 2.87. The van der Waals surface area contributed by atoms with Gasteiger partial charge in [0.15, 0.2) is 5.79 Å². The van der Waals surface area contributed by atoms with E-state index in [-0.39, 0.29) is 5.79 Å². The Bertz CT molecular complexity index is 268. The summed E-state index contributed by atoms with van der Waals surface area (Å²) in [6.45, 7) is 9.33. The van der Waals surface area contributed by atoms with Gasteiger partial charge < -0.3 is 20.1 Å². The highest BCUT2D eigenvalue weighted by molar-refractivity contribution is 8.00. The average molecular weight is 288 g/mol. The van der Waals surface area contributed by atoms with Crippen LogP contribution in [0.1, 0.15) is 33.1 Å². The van der Waals surface area contributed by atoms with Crippen molar-refractivity contribution in [3.05, 3.63) is 0 Å². The van der Waals surface area contributed by atoms with Gasteiger partial charge in [0.2, 0.25) is 0 Å². The molecular weight excluding hydrogens is 260 g/mol. The Labute approximate surface area is 121 Å². The lowest BCUT2D eigenvalue weighted by molar-refractivity contribution is -0.176. The van der Waals surface area contributed by atoms with Gasteiger partial charge in [0.05, 0.1) is 13.2 Å². The van der Waals surface area contributed by atoms with E-state index >= 15 is 0 Å². The second kappa shape index (κ2) is 7.27. The van der Waals surface area contributed by atoms with E-state index in [4.69, 9.17) is 15.2 Å². The first kappa shape index (κ1) is 15.6. The van der Waals surface area contributed by atoms with Crippen LogP contribution >= 0.6 is 11.8 Å². The van der Waals surface area contributed by atoms with E-state index in [0.717, 1.165) is 57.9 Å². The molecule has 0 aromatic heterocycles. The Hall–Kier alpha value is 0.190. The number of hydrogen-bond acceptors (Lipinski definition) is 5. The molecule has 1 aliphatic carbocycles. The van der Waals surface area contributed by atoms with Crippen molar-refractivity contribution >= 4 is 11.8 Å². The lowest BCUT2D eigenvalue weighted by Crippen LogP contribution is -2.47. The smallest absolute Gasteiger partial charge is 0.169 e. The number of nitrogens with two attached hydrogens (primary N) is 1. The van der Waals surface area contributed by atoms with Crippen LogP contribution in [0.4, 0.5) is 0 Å². The van der Waals surface area contributed by atoms with Gasteiger partial charge in [0.25, 0.3) is 0 Å². The molecule has 0 aromatic carbocycles. The molecule has 2 N–H and O–H groups in total. The van der Waals surface area contributed by atoms with Gasteiger partial charge in [0, 0.05) is 36.4 Å². The Morgan fingerprint density at radius 3 is 2.58 bits per heavy atom. The second-order valence-electron chi connectivity index (χ2n) is 5.45. The summed E-state index contributed by atoms with van der Waals surface area (Å²) in [6.07, 6.45) is 2.93. The van der Waals surface area contributed by atoms with Gasteiger partial charge in [-0.1, -0.05) is 13.8 Å². The van der Waals surface area contributed by atoms with Gasteiger partial charge in [-0.2, -0.15) is 11.8 Å². The van der Waals surface area contributed by atoms with Crippen molar-refractivity contribution in [2.75, 3.05) is 38.6 Å². The Kier molecular flexibility index (Phi) is 5.96. The zero-order chi connectivity index (χ0) is 13.7. The molecule has 1 saturated carbocycles. The Balaban J connectivity index is 1.77. The maximum absolute atomic E-state index is 6.27. The van der Waals surface area contributed by atoms with Crippen molar-refractivity contribution in [1.82, 2.24) is 4.90 Å². The zero-order valence-corrected chi connectivity index (χ0v) is 13.1. The predicted molar refractivity (Wildman–Crippen MR) is 80.5 cm³/mol. The van der Waals surface area contributed by atoms with E-state index in [2.05, 4.69) is 18.7 Å². The monoisotopic (exact) mass is 288 g/mol. The van der Waals surface area contributed by atoms with E-state index < -0.39 is 0 Å². The first-order valence-corrected chi connectivity index (χ1v) is 8.61. The lowest BCUT2D eigenvalue weighted by Gasteiger charge is -2.39. The molecule has 1 heterocycles. The summed E-state index contributed by atoms with van der Waals surface area (Å²) in [4.78, 5) is 2.46. The van der Waals surface area contributed by atoms with E-state index in [1.807, 2.05) is 11.8 Å². The minimum atomic E-state index is -0.303. The molecule has 0 radical (unpaired) electrons. The van der Waals surface area contributed by atoms with Crippen LogP contribution in [0.25, 0.3) is 0 Å². The van der Waals surface area contributed by atoms with Gasteiger partial charge in [-0.05, 0) is 19.5 Å². The second-order valence-corrected chi connectivity index (χ2v) is 6.80. The molecular formula is C14H28N2O2S. The molecule has 1 spiro atoms. The van der Waals surface area contributed by atoms with Crippen molar-refractivity contribution in [3.8, 4) is 0 Å². The fraction of sp³-hybridized carbons (Fsp3) is 1.00. The largest absolute Gasteiger partial charge is 0.347 e. The molecule has 2 unspecified atom stereocenters. The number of hydrogen-bond donors (Lipinski definition) is 1. The molecule has 0 aromatic rings. The van der Waals surface area contributed by atoms with Gasteiger partial charge in [0.1, 0.15) is 0 Å². The number of ether oxygens (including phenoxy) is 2. The predicted octanol–water partition coefficient (Wildman–Crippen LogP) is 1.68. The highest BCUT2D eigenvalue weighted by Crippen LogP contribution is 2.39. The third-order valence-electron chi connectivity index (χ3n) is 4.30. The minimum Gasteiger partial charge on any atom is -0.347 e. The maximum atomic E-state index is 6.27. The van der Waals surface area contributed by atoms with E-state index in [1.54, 1.807) is 0 Å². The lowest BCUT2D eigenvalue weighted by atomic mass is 9.90. The topological polar surface area (TPSA) is 47.7 Å².